The molecule has 106 valence electrons. The Labute approximate surface area is 125 Å². The molecule has 19 heavy (non-hydrogen) atoms. The van der Waals surface area contributed by atoms with Crippen molar-refractivity contribution in [3.63, 3.8) is 0 Å². The summed E-state index contributed by atoms with van der Waals surface area (Å²) in [5.74, 6) is -0.259. The van der Waals surface area contributed by atoms with Gasteiger partial charge in [-0.05, 0) is 35.8 Å². The van der Waals surface area contributed by atoms with E-state index in [4.69, 9.17) is 4.43 Å². The third-order valence-electron chi connectivity index (χ3n) is 3.71. The molecule has 1 atom stereocenters. The van der Waals surface area contributed by atoms with Gasteiger partial charge in [0, 0.05) is 4.47 Å². The van der Waals surface area contributed by atoms with Crippen molar-refractivity contribution in [2.75, 3.05) is 0 Å². The van der Waals surface area contributed by atoms with Crippen LogP contribution in [-0.2, 0) is 4.43 Å². The monoisotopic (exact) mass is 344 g/mol. The van der Waals surface area contributed by atoms with Gasteiger partial charge < -0.3 is 4.43 Å². The van der Waals surface area contributed by atoms with Crippen molar-refractivity contribution in [3.05, 3.63) is 46.7 Å². The summed E-state index contributed by atoms with van der Waals surface area (Å²) in [7, 11) is -1.89. The maximum atomic E-state index is 13.2. The second-order valence-corrected chi connectivity index (χ2v) is 11.8. The maximum Gasteiger partial charge on any atom is 0.193 e. The van der Waals surface area contributed by atoms with E-state index in [-0.39, 0.29) is 17.0 Å². The standard InChI is InChI=1S/C15H22BrFOSi/c1-7-14(18-19(5,6)15(2,3)4)12-9-8-11(17)10-13(12)16/h7-10,14H,1H2,2-6H3. The largest absolute Gasteiger partial charge is 0.406 e. The fourth-order valence-electron chi connectivity index (χ4n) is 1.47. The minimum absolute atomic E-state index is 0.126. The molecule has 0 heterocycles. The van der Waals surface area contributed by atoms with E-state index < -0.39 is 8.32 Å². The maximum absolute atomic E-state index is 13.2. The number of benzene rings is 1. The molecule has 1 rings (SSSR count). The summed E-state index contributed by atoms with van der Waals surface area (Å²) in [6.07, 6.45) is 1.56. The van der Waals surface area contributed by atoms with Gasteiger partial charge in [0.15, 0.2) is 8.32 Å². The van der Waals surface area contributed by atoms with Crippen molar-refractivity contribution in [2.45, 2.75) is 45.0 Å². The molecule has 0 amide bonds. The predicted octanol–water partition coefficient (Wildman–Crippen LogP) is 5.84. The second-order valence-electron chi connectivity index (χ2n) is 6.20. The zero-order valence-electron chi connectivity index (χ0n) is 12.3. The molecular formula is C15H22BrFOSi. The summed E-state index contributed by atoms with van der Waals surface area (Å²) in [6.45, 7) is 14.8. The lowest BCUT2D eigenvalue weighted by molar-refractivity contribution is 0.229. The Kier molecular flexibility index (Phi) is 5.15. The molecule has 1 aromatic carbocycles. The quantitative estimate of drug-likeness (QED) is 0.492. The summed E-state index contributed by atoms with van der Waals surface area (Å²) >= 11 is 3.39. The van der Waals surface area contributed by atoms with Crippen molar-refractivity contribution in [2.24, 2.45) is 0 Å². The summed E-state index contributed by atoms with van der Waals surface area (Å²) in [4.78, 5) is 0. The van der Waals surface area contributed by atoms with E-state index in [1.165, 1.54) is 12.1 Å². The minimum atomic E-state index is -1.89. The lowest BCUT2D eigenvalue weighted by Crippen LogP contribution is -2.41. The highest BCUT2D eigenvalue weighted by Gasteiger charge is 2.39. The molecule has 1 unspecified atom stereocenters. The van der Waals surface area contributed by atoms with Gasteiger partial charge in [-0.25, -0.2) is 4.39 Å². The van der Waals surface area contributed by atoms with Gasteiger partial charge in [-0.15, -0.1) is 6.58 Å². The lowest BCUT2D eigenvalue weighted by Gasteiger charge is -2.38. The zero-order valence-corrected chi connectivity index (χ0v) is 14.8. The van der Waals surface area contributed by atoms with Gasteiger partial charge in [0.25, 0.3) is 0 Å². The minimum Gasteiger partial charge on any atom is -0.406 e. The van der Waals surface area contributed by atoms with Crippen LogP contribution in [0.25, 0.3) is 0 Å². The van der Waals surface area contributed by atoms with E-state index in [0.29, 0.717) is 0 Å². The van der Waals surface area contributed by atoms with Crippen LogP contribution < -0.4 is 0 Å². The molecule has 0 fully saturated rings. The van der Waals surface area contributed by atoms with Gasteiger partial charge in [-0.2, -0.15) is 0 Å². The van der Waals surface area contributed by atoms with Crippen LogP contribution >= 0.6 is 15.9 Å². The Morgan fingerprint density at radius 3 is 2.37 bits per heavy atom. The Morgan fingerprint density at radius 1 is 1.37 bits per heavy atom. The Morgan fingerprint density at radius 2 is 1.95 bits per heavy atom. The summed E-state index contributed by atoms with van der Waals surface area (Å²) < 4.78 is 20.2. The fourth-order valence-corrected chi connectivity index (χ4v) is 3.25. The molecule has 0 aromatic heterocycles. The SMILES string of the molecule is C=CC(O[Si](C)(C)C(C)(C)C)c1ccc(F)cc1Br. The lowest BCUT2D eigenvalue weighted by atomic mass is 10.1. The number of rotatable bonds is 4. The predicted molar refractivity (Wildman–Crippen MR) is 85.3 cm³/mol. The van der Waals surface area contributed by atoms with Crippen molar-refractivity contribution in [1.82, 2.24) is 0 Å². The van der Waals surface area contributed by atoms with Crippen LogP contribution in [-0.4, -0.2) is 8.32 Å². The second kappa shape index (κ2) is 5.90. The van der Waals surface area contributed by atoms with E-state index in [1.807, 2.05) is 0 Å². The van der Waals surface area contributed by atoms with Crippen LogP contribution in [0.2, 0.25) is 18.1 Å². The van der Waals surface area contributed by atoms with Crippen LogP contribution in [0.5, 0.6) is 0 Å². The van der Waals surface area contributed by atoms with E-state index in [9.17, 15) is 4.39 Å². The highest BCUT2D eigenvalue weighted by atomic mass is 79.9. The summed E-state index contributed by atoms with van der Waals surface area (Å²) in [6, 6.07) is 4.66. The first-order chi connectivity index (χ1) is 8.58. The van der Waals surface area contributed by atoms with Crippen LogP contribution in [0, 0.1) is 5.82 Å². The van der Waals surface area contributed by atoms with Crippen LogP contribution in [0.15, 0.2) is 35.3 Å². The molecule has 4 heteroatoms. The number of halogens is 2. The highest BCUT2D eigenvalue weighted by Crippen LogP contribution is 2.41. The first-order valence-electron chi connectivity index (χ1n) is 6.34. The molecule has 0 radical (unpaired) electrons. The summed E-state index contributed by atoms with van der Waals surface area (Å²) in [5.41, 5.74) is 0.918. The average molecular weight is 345 g/mol. The molecule has 0 aliphatic carbocycles. The van der Waals surface area contributed by atoms with Gasteiger partial charge in [0.2, 0.25) is 0 Å². The first kappa shape index (κ1) is 16.6. The van der Waals surface area contributed by atoms with Gasteiger partial charge in [-0.1, -0.05) is 48.8 Å². The smallest absolute Gasteiger partial charge is 0.193 e. The van der Waals surface area contributed by atoms with E-state index in [0.717, 1.165) is 10.0 Å². The zero-order chi connectivity index (χ0) is 14.8. The number of hydrogen-bond donors (Lipinski definition) is 0. The van der Waals surface area contributed by atoms with E-state index in [2.05, 4.69) is 56.4 Å². The Hall–Kier alpha value is -0.453. The molecule has 0 saturated heterocycles. The first-order valence-corrected chi connectivity index (χ1v) is 10.0. The van der Waals surface area contributed by atoms with Crippen molar-refractivity contribution >= 4 is 24.2 Å². The topological polar surface area (TPSA) is 9.23 Å². The molecule has 0 aliphatic rings. The fraction of sp³-hybridized carbons (Fsp3) is 0.467. The molecule has 0 saturated carbocycles. The molecular weight excluding hydrogens is 323 g/mol. The van der Waals surface area contributed by atoms with E-state index >= 15 is 0 Å². The molecule has 0 N–H and O–H groups in total. The Balaban J connectivity index is 3.06. The van der Waals surface area contributed by atoms with Gasteiger partial charge >= 0.3 is 0 Å². The van der Waals surface area contributed by atoms with Gasteiger partial charge in [0.1, 0.15) is 5.82 Å². The van der Waals surface area contributed by atoms with Crippen LogP contribution in [0.1, 0.15) is 32.4 Å². The van der Waals surface area contributed by atoms with Crippen LogP contribution in [0.3, 0.4) is 0 Å². The van der Waals surface area contributed by atoms with Crippen molar-refractivity contribution in [1.29, 1.82) is 0 Å². The third-order valence-corrected chi connectivity index (χ3v) is 8.85. The molecule has 0 spiro atoms. The molecule has 1 nitrogen and oxygen atoms in total. The third kappa shape index (κ3) is 4.00. The molecule has 0 bridgehead atoms. The molecule has 1 aromatic rings. The number of hydrogen-bond acceptors (Lipinski definition) is 1. The van der Waals surface area contributed by atoms with Crippen LogP contribution in [0.4, 0.5) is 4.39 Å². The normalized spacial score (nSPS) is 14.3. The van der Waals surface area contributed by atoms with Crippen molar-refractivity contribution < 1.29 is 8.82 Å². The van der Waals surface area contributed by atoms with Gasteiger partial charge in [-0.3, -0.25) is 0 Å². The highest BCUT2D eigenvalue weighted by molar-refractivity contribution is 9.10. The van der Waals surface area contributed by atoms with Crippen molar-refractivity contribution in [3.8, 4) is 0 Å². The molecule has 0 aliphatic heterocycles. The van der Waals surface area contributed by atoms with E-state index in [1.54, 1.807) is 12.1 Å². The average Bonchev–Trinajstić information content (AvgIpc) is 2.25. The van der Waals surface area contributed by atoms with Gasteiger partial charge in [0.05, 0.1) is 6.10 Å². The Bertz CT molecular complexity index is 466. The summed E-state index contributed by atoms with van der Waals surface area (Å²) in [5, 5.41) is 0.126.